The van der Waals surface area contributed by atoms with Crippen molar-refractivity contribution in [2.24, 2.45) is 0 Å². The maximum Gasteiger partial charge on any atom is 0.143 e. The summed E-state index contributed by atoms with van der Waals surface area (Å²) in [6.07, 6.45) is 0. The van der Waals surface area contributed by atoms with Gasteiger partial charge in [-0.1, -0.05) is 174 Å². The van der Waals surface area contributed by atoms with E-state index in [2.05, 4.69) is 252 Å². The molecule has 2 aromatic heterocycles. The van der Waals surface area contributed by atoms with Gasteiger partial charge in [-0.25, -0.2) is 0 Å². The number of hydrogen-bond acceptors (Lipinski definition) is 3. The molecule has 0 saturated heterocycles. The zero-order chi connectivity index (χ0) is 51.2. The Morgan fingerprint density at radius 1 is 0.351 bits per heavy atom. The summed E-state index contributed by atoms with van der Waals surface area (Å²) in [5.74, 6) is 0. The molecule has 0 unspecified atom stereocenters. The molecule has 74 heavy (non-hydrogen) atoms. The third-order valence-corrected chi connectivity index (χ3v) is 17.8. The fraction of sp³-hybridized carbons (Fsp3) is 0.239. The molecule has 0 fully saturated rings. The first-order valence-electron chi connectivity index (χ1n) is 26.7. The van der Waals surface area contributed by atoms with Crippen molar-refractivity contribution in [1.82, 2.24) is 0 Å². The van der Waals surface area contributed by atoms with Gasteiger partial charge in [-0.3, -0.25) is 0 Å². The van der Waals surface area contributed by atoms with Crippen LogP contribution in [0.25, 0.3) is 88.4 Å². The van der Waals surface area contributed by atoms with E-state index >= 15 is 0 Å². The second-order valence-electron chi connectivity index (χ2n) is 25.3. The van der Waals surface area contributed by atoms with Gasteiger partial charge in [-0.05, 0) is 167 Å². The van der Waals surface area contributed by atoms with Gasteiger partial charge in [0.1, 0.15) is 22.3 Å². The number of anilines is 3. The van der Waals surface area contributed by atoms with Crippen LogP contribution in [0.5, 0.6) is 0 Å². The van der Waals surface area contributed by atoms with Gasteiger partial charge < -0.3 is 13.7 Å². The SMILES string of the molecule is CC(C)(C)c1ccc(-c2cc3c(c4c2oc2ccccc24)-c2ccc(N(c4ccc(C(C)(C)C)cc4)c4ccc5c(c4)C(C)(C)c4cc6c(cc4-5)C(C)(C)c4ccc5oc7ccccc7c5c4-6)cc2C3(C)C)cc1. The average molecular weight is 962 g/mol. The molecule has 3 nitrogen and oxygen atoms in total. The normalized spacial score (nSPS) is 15.6. The van der Waals surface area contributed by atoms with Crippen LogP contribution < -0.4 is 4.90 Å². The highest BCUT2D eigenvalue weighted by atomic mass is 16.3. The van der Waals surface area contributed by atoms with E-state index < -0.39 is 0 Å². The zero-order valence-electron chi connectivity index (χ0n) is 44.9. The Morgan fingerprint density at radius 3 is 1.47 bits per heavy atom. The number of para-hydroxylation sites is 2. The molecule has 11 aromatic rings. The van der Waals surface area contributed by atoms with Crippen LogP contribution in [0.3, 0.4) is 0 Å². The van der Waals surface area contributed by atoms with Crippen molar-refractivity contribution >= 4 is 60.9 Å². The van der Waals surface area contributed by atoms with E-state index in [4.69, 9.17) is 8.83 Å². The predicted molar refractivity (Wildman–Crippen MR) is 311 cm³/mol. The molecule has 3 aliphatic carbocycles. The third kappa shape index (κ3) is 6.13. The fourth-order valence-corrected chi connectivity index (χ4v) is 13.5. The smallest absolute Gasteiger partial charge is 0.143 e. The molecule has 0 saturated carbocycles. The number of benzene rings is 9. The van der Waals surface area contributed by atoms with Crippen molar-refractivity contribution in [1.29, 1.82) is 0 Å². The molecule has 364 valence electrons. The van der Waals surface area contributed by atoms with E-state index in [9.17, 15) is 0 Å². The number of nitrogens with zero attached hydrogens (tertiary/aromatic N) is 1. The zero-order valence-corrected chi connectivity index (χ0v) is 44.9. The van der Waals surface area contributed by atoms with Gasteiger partial charge in [-0.15, -0.1) is 0 Å². The van der Waals surface area contributed by atoms with Gasteiger partial charge in [0, 0.05) is 60.4 Å². The molecule has 3 heteroatoms. The van der Waals surface area contributed by atoms with Crippen LogP contribution in [0.15, 0.2) is 173 Å². The van der Waals surface area contributed by atoms with Gasteiger partial charge >= 0.3 is 0 Å². The van der Waals surface area contributed by atoms with Gasteiger partial charge in [0.15, 0.2) is 0 Å². The lowest BCUT2D eigenvalue weighted by atomic mass is 9.79. The van der Waals surface area contributed by atoms with E-state index in [-0.39, 0.29) is 27.1 Å². The maximum absolute atomic E-state index is 6.90. The Kier molecular flexibility index (Phi) is 9.00. The highest BCUT2D eigenvalue weighted by molar-refractivity contribution is 6.19. The Bertz CT molecular complexity index is 4210. The monoisotopic (exact) mass is 961 g/mol. The summed E-state index contributed by atoms with van der Waals surface area (Å²) < 4.78 is 13.4. The van der Waals surface area contributed by atoms with Crippen molar-refractivity contribution in [3.63, 3.8) is 0 Å². The van der Waals surface area contributed by atoms with E-state index in [0.717, 1.165) is 50.3 Å². The Balaban J connectivity index is 0.928. The number of furan rings is 2. The summed E-state index contributed by atoms with van der Waals surface area (Å²) in [7, 11) is 0. The van der Waals surface area contributed by atoms with Crippen molar-refractivity contribution in [2.75, 3.05) is 4.90 Å². The van der Waals surface area contributed by atoms with Gasteiger partial charge in [0.05, 0.1) is 0 Å². The van der Waals surface area contributed by atoms with Crippen LogP contribution in [-0.4, -0.2) is 0 Å². The molecule has 0 bridgehead atoms. The first-order chi connectivity index (χ1) is 35.2. The van der Waals surface area contributed by atoms with Crippen molar-refractivity contribution in [3.8, 4) is 44.5 Å². The molecule has 3 aliphatic rings. The summed E-state index contributed by atoms with van der Waals surface area (Å²) >= 11 is 0. The summed E-state index contributed by atoms with van der Waals surface area (Å²) in [6, 6.07) is 62.0. The molecule has 2 heterocycles. The summed E-state index contributed by atoms with van der Waals surface area (Å²) in [5.41, 5.74) is 27.4. The Morgan fingerprint density at radius 2 is 0.824 bits per heavy atom. The van der Waals surface area contributed by atoms with Crippen LogP contribution in [0.2, 0.25) is 0 Å². The molecule has 14 rings (SSSR count). The predicted octanol–water partition coefficient (Wildman–Crippen LogP) is 20.1. The second kappa shape index (κ2) is 14.8. The van der Waals surface area contributed by atoms with Crippen molar-refractivity contribution in [2.45, 2.75) is 110 Å². The van der Waals surface area contributed by atoms with Gasteiger partial charge in [-0.2, -0.15) is 0 Å². The topological polar surface area (TPSA) is 29.5 Å². The van der Waals surface area contributed by atoms with E-state index in [1.165, 1.54) is 99.6 Å². The highest BCUT2D eigenvalue weighted by Gasteiger charge is 2.44. The molecule has 0 N–H and O–H groups in total. The fourth-order valence-electron chi connectivity index (χ4n) is 13.5. The lowest BCUT2D eigenvalue weighted by Crippen LogP contribution is -2.18. The molecule has 0 radical (unpaired) electrons. The lowest BCUT2D eigenvalue weighted by Gasteiger charge is -2.30. The molecule has 9 aromatic carbocycles. The molecule has 0 atom stereocenters. The van der Waals surface area contributed by atoms with Crippen LogP contribution in [0, 0.1) is 0 Å². The quantitative estimate of drug-likeness (QED) is 0.176. The van der Waals surface area contributed by atoms with Crippen LogP contribution in [-0.2, 0) is 27.1 Å². The summed E-state index contributed by atoms with van der Waals surface area (Å²) in [4.78, 5) is 2.50. The van der Waals surface area contributed by atoms with E-state index in [1.54, 1.807) is 0 Å². The first-order valence-corrected chi connectivity index (χ1v) is 26.7. The minimum atomic E-state index is -0.308. The summed E-state index contributed by atoms with van der Waals surface area (Å²) in [5, 5.41) is 4.76. The highest BCUT2D eigenvalue weighted by Crippen LogP contribution is 2.60. The largest absolute Gasteiger partial charge is 0.456 e. The molecule has 0 spiro atoms. The number of fused-ring (bicyclic) bond motifs is 17. The number of hydrogen-bond donors (Lipinski definition) is 0. The minimum Gasteiger partial charge on any atom is -0.456 e. The molecule has 0 amide bonds. The van der Waals surface area contributed by atoms with Gasteiger partial charge in [0.25, 0.3) is 0 Å². The van der Waals surface area contributed by atoms with E-state index in [1.807, 2.05) is 0 Å². The van der Waals surface area contributed by atoms with Crippen molar-refractivity contribution in [3.05, 3.63) is 208 Å². The molecular formula is C71H63NO2. The lowest BCUT2D eigenvalue weighted by molar-refractivity contribution is 0.590. The standard InChI is InChI=1S/C71H63NO2/c1-67(2,3)41-23-21-40(22-24-41)50-37-58-62(65-49-18-14-16-20-60(49)74-66(50)65)47-32-30-45(36-55(47)71(58,11)12)72(43-27-25-42(26-28-43)68(4,5)6)44-29-31-46-51-38-57-52(39-56(51)70(9,10)54(46)35-44)63-53(69(57,7)8)33-34-61-64(63)48-17-13-15-19-59(48)73-61/h13-39H,1-12H3. The molecule has 0 aliphatic heterocycles. The van der Waals surface area contributed by atoms with Crippen molar-refractivity contribution < 1.29 is 8.83 Å². The number of rotatable bonds is 4. The second-order valence-corrected chi connectivity index (χ2v) is 25.3. The van der Waals surface area contributed by atoms with Gasteiger partial charge in [0.2, 0.25) is 0 Å². The minimum absolute atomic E-state index is 0.0258. The average Bonchev–Trinajstić information content (AvgIpc) is 4.20. The Labute approximate surface area is 435 Å². The van der Waals surface area contributed by atoms with E-state index in [0.29, 0.717) is 0 Å². The Hall–Kier alpha value is -7.62. The summed E-state index contributed by atoms with van der Waals surface area (Å²) in [6.45, 7) is 28.2. The first kappa shape index (κ1) is 45.0. The maximum atomic E-state index is 6.90. The van der Waals surface area contributed by atoms with Crippen LogP contribution in [0.4, 0.5) is 17.1 Å². The molecular weight excluding hydrogens is 899 g/mol. The third-order valence-electron chi connectivity index (χ3n) is 17.8. The van der Waals surface area contributed by atoms with Crippen LogP contribution >= 0.6 is 0 Å². The van der Waals surface area contributed by atoms with Crippen LogP contribution in [0.1, 0.15) is 128 Å².